The van der Waals surface area contributed by atoms with Gasteiger partial charge in [0.25, 0.3) is 0 Å². The number of hydrogen-bond acceptors (Lipinski definition) is 3. The highest BCUT2D eigenvalue weighted by Gasteiger charge is 2.33. The molecule has 0 saturated heterocycles. The van der Waals surface area contributed by atoms with Crippen molar-refractivity contribution in [2.45, 2.75) is 43.9 Å². The molecule has 1 fully saturated rings. The lowest BCUT2D eigenvalue weighted by Gasteiger charge is -2.18. The number of phenols is 2. The Hall–Kier alpha value is -3.01. The summed E-state index contributed by atoms with van der Waals surface area (Å²) in [4.78, 5) is 8.25. The number of nitrogens with one attached hydrogen (secondary N) is 1. The molecule has 4 heteroatoms. The summed E-state index contributed by atoms with van der Waals surface area (Å²) in [6, 6.07) is 10.6. The minimum absolute atomic E-state index is 0.0632. The van der Waals surface area contributed by atoms with Crippen LogP contribution in [0.3, 0.4) is 0 Å². The van der Waals surface area contributed by atoms with Crippen molar-refractivity contribution in [2.24, 2.45) is 0 Å². The zero-order valence-corrected chi connectivity index (χ0v) is 16.0. The molecule has 1 aliphatic carbocycles. The first-order valence-electron chi connectivity index (χ1n) is 9.87. The summed E-state index contributed by atoms with van der Waals surface area (Å²) in [5, 5.41) is 21.5. The van der Waals surface area contributed by atoms with Crippen LogP contribution in [0.5, 0.6) is 11.5 Å². The summed E-state index contributed by atoms with van der Waals surface area (Å²) in [5.41, 5.74) is 3.75. The molecule has 144 valence electrons. The van der Waals surface area contributed by atoms with E-state index in [0.717, 1.165) is 25.1 Å². The summed E-state index contributed by atoms with van der Waals surface area (Å²) in [6.45, 7) is 7.54. The van der Waals surface area contributed by atoms with Gasteiger partial charge in [0.2, 0.25) is 0 Å². The molecule has 0 aliphatic heterocycles. The van der Waals surface area contributed by atoms with Gasteiger partial charge in [-0.3, -0.25) is 0 Å². The fourth-order valence-electron chi connectivity index (χ4n) is 4.58. The molecule has 0 spiro atoms. The minimum Gasteiger partial charge on any atom is -0.507 e. The normalized spacial score (nSPS) is 19.1. The van der Waals surface area contributed by atoms with Crippen molar-refractivity contribution >= 4 is 11.0 Å². The monoisotopic (exact) mass is 374 g/mol. The van der Waals surface area contributed by atoms with Crippen LogP contribution in [-0.4, -0.2) is 20.2 Å². The number of fused-ring (bicyclic) bond motifs is 1. The zero-order valence-electron chi connectivity index (χ0n) is 16.0. The van der Waals surface area contributed by atoms with Gasteiger partial charge in [-0.25, -0.2) is 4.98 Å². The standard InChI is InChI=1S/C24H26N2O2/c1-3-9-18-20-21(23(28)19(10-4-2)22(18)27)26-24(25-20)17-14-8-13-16(17)15-11-6-5-7-12-15/h3-7,11-12,16-17,27-28H,1-2,8-10,13-14H2,(H,25,26). The zero-order chi connectivity index (χ0) is 19.7. The van der Waals surface area contributed by atoms with Crippen LogP contribution in [0.4, 0.5) is 0 Å². The quantitative estimate of drug-likeness (QED) is 0.500. The molecule has 0 amide bonds. The molecule has 4 rings (SSSR count). The second-order valence-electron chi connectivity index (χ2n) is 7.54. The van der Waals surface area contributed by atoms with Gasteiger partial charge in [0.1, 0.15) is 22.8 Å². The van der Waals surface area contributed by atoms with E-state index >= 15 is 0 Å². The molecule has 0 radical (unpaired) electrons. The molecule has 2 unspecified atom stereocenters. The molecule has 1 heterocycles. The van der Waals surface area contributed by atoms with E-state index in [1.54, 1.807) is 12.2 Å². The maximum absolute atomic E-state index is 10.8. The van der Waals surface area contributed by atoms with Crippen molar-refractivity contribution in [1.82, 2.24) is 9.97 Å². The van der Waals surface area contributed by atoms with E-state index in [9.17, 15) is 10.2 Å². The molecule has 3 aromatic rings. The highest BCUT2D eigenvalue weighted by Crippen LogP contribution is 2.47. The average Bonchev–Trinajstić information content (AvgIpc) is 3.36. The van der Waals surface area contributed by atoms with Crippen LogP contribution < -0.4 is 0 Å². The molecule has 3 N–H and O–H groups in total. The Morgan fingerprint density at radius 3 is 2.36 bits per heavy atom. The SMILES string of the molecule is C=CCc1c(O)c(CC=C)c2nc(C3CCCC3c3ccccc3)[nH]c2c1O. The molecule has 1 aromatic heterocycles. The van der Waals surface area contributed by atoms with Gasteiger partial charge in [-0.2, -0.15) is 0 Å². The summed E-state index contributed by atoms with van der Waals surface area (Å²) < 4.78 is 0. The van der Waals surface area contributed by atoms with E-state index < -0.39 is 0 Å². The third kappa shape index (κ3) is 2.99. The number of H-pyrrole nitrogens is 1. The van der Waals surface area contributed by atoms with Gasteiger partial charge < -0.3 is 15.2 Å². The molecule has 1 saturated carbocycles. The van der Waals surface area contributed by atoms with Crippen LogP contribution in [-0.2, 0) is 12.8 Å². The molecule has 1 aliphatic rings. The van der Waals surface area contributed by atoms with Gasteiger partial charge >= 0.3 is 0 Å². The van der Waals surface area contributed by atoms with Crippen molar-refractivity contribution in [2.75, 3.05) is 0 Å². The number of aromatic nitrogens is 2. The van der Waals surface area contributed by atoms with Crippen LogP contribution in [0, 0.1) is 0 Å². The molecule has 2 atom stereocenters. The largest absolute Gasteiger partial charge is 0.507 e. The first-order valence-corrected chi connectivity index (χ1v) is 9.87. The number of nitrogens with zero attached hydrogens (tertiary/aromatic N) is 1. The fraction of sp³-hybridized carbons (Fsp3) is 0.292. The number of aromatic amines is 1. The summed E-state index contributed by atoms with van der Waals surface area (Å²) in [5.74, 6) is 1.73. The Morgan fingerprint density at radius 1 is 0.964 bits per heavy atom. The van der Waals surface area contributed by atoms with E-state index in [1.165, 1.54) is 5.56 Å². The summed E-state index contributed by atoms with van der Waals surface area (Å²) >= 11 is 0. The molecular formula is C24H26N2O2. The van der Waals surface area contributed by atoms with E-state index in [1.807, 2.05) is 6.07 Å². The third-order valence-corrected chi connectivity index (χ3v) is 5.89. The average molecular weight is 374 g/mol. The summed E-state index contributed by atoms with van der Waals surface area (Å²) in [6.07, 6.45) is 7.65. The number of aromatic hydroxyl groups is 2. The lowest BCUT2D eigenvalue weighted by Crippen LogP contribution is -2.06. The molecule has 28 heavy (non-hydrogen) atoms. The Bertz CT molecular complexity index is 1020. The smallest absolute Gasteiger partial charge is 0.148 e. The van der Waals surface area contributed by atoms with Gasteiger partial charge in [-0.05, 0) is 37.2 Å². The van der Waals surface area contributed by atoms with Crippen molar-refractivity contribution in [3.05, 3.63) is 78.2 Å². The van der Waals surface area contributed by atoms with Crippen LogP contribution >= 0.6 is 0 Å². The Labute approximate surface area is 165 Å². The van der Waals surface area contributed by atoms with Crippen molar-refractivity contribution in [1.29, 1.82) is 0 Å². The second-order valence-corrected chi connectivity index (χ2v) is 7.54. The lowest BCUT2D eigenvalue weighted by atomic mass is 9.88. The third-order valence-electron chi connectivity index (χ3n) is 5.89. The van der Waals surface area contributed by atoms with Crippen molar-refractivity contribution in [3.8, 4) is 11.5 Å². The predicted octanol–water partition coefficient (Wildman–Crippen LogP) is 5.48. The van der Waals surface area contributed by atoms with Gasteiger partial charge in [-0.15, -0.1) is 13.2 Å². The molecular weight excluding hydrogens is 348 g/mol. The predicted molar refractivity (Wildman–Crippen MR) is 113 cm³/mol. The van der Waals surface area contributed by atoms with Crippen LogP contribution in [0.1, 0.15) is 53.6 Å². The maximum atomic E-state index is 10.8. The van der Waals surface area contributed by atoms with Gasteiger partial charge in [0, 0.05) is 17.0 Å². The van der Waals surface area contributed by atoms with E-state index in [2.05, 4.69) is 42.4 Å². The van der Waals surface area contributed by atoms with Gasteiger partial charge in [0.05, 0.1) is 5.52 Å². The van der Waals surface area contributed by atoms with Crippen LogP contribution in [0.2, 0.25) is 0 Å². The Morgan fingerprint density at radius 2 is 1.64 bits per heavy atom. The Balaban J connectivity index is 1.85. The van der Waals surface area contributed by atoms with E-state index in [-0.39, 0.29) is 17.4 Å². The first-order chi connectivity index (χ1) is 13.7. The maximum Gasteiger partial charge on any atom is 0.148 e. The van der Waals surface area contributed by atoms with E-state index in [4.69, 9.17) is 4.98 Å². The topological polar surface area (TPSA) is 69.1 Å². The fourth-order valence-corrected chi connectivity index (χ4v) is 4.58. The van der Waals surface area contributed by atoms with Gasteiger partial charge in [0.15, 0.2) is 0 Å². The second kappa shape index (κ2) is 7.55. The number of imidazole rings is 1. The van der Waals surface area contributed by atoms with E-state index in [0.29, 0.717) is 40.9 Å². The lowest BCUT2D eigenvalue weighted by molar-refractivity contribution is 0.441. The number of hydrogen-bond donors (Lipinski definition) is 3. The summed E-state index contributed by atoms with van der Waals surface area (Å²) in [7, 11) is 0. The van der Waals surface area contributed by atoms with Crippen LogP contribution in [0.25, 0.3) is 11.0 Å². The highest BCUT2D eigenvalue weighted by molar-refractivity contribution is 5.89. The number of benzene rings is 2. The molecule has 2 aromatic carbocycles. The molecule has 4 nitrogen and oxygen atoms in total. The highest BCUT2D eigenvalue weighted by atomic mass is 16.3. The van der Waals surface area contributed by atoms with Gasteiger partial charge in [-0.1, -0.05) is 48.9 Å². The molecule has 0 bridgehead atoms. The number of rotatable bonds is 6. The van der Waals surface area contributed by atoms with Crippen molar-refractivity contribution in [3.63, 3.8) is 0 Å². The number of allylic oxidation sites excluding steroid dienone is 2. The number of phenolic OH excluding ortho intramolecular Hbond substituents is 2. The van der Waals surface area contributed by atoms with Crippen LogP contribution in [0.15, 0.2) is 55.6 Å². The Kier molecular flexibility index (Phi) is 4.95. The first kappa shape index (κ1) is 18.4. The minimum atomic E-state index is 0.0632. The van der Waals surface area contributed by atoms with Crippen molar-refractivity contribution < 1.29 is 10.2 Å².